The zero-order chi connectivity index (χ0) is 31.9. The SMILES string of the molecule is COc1ccc(CC(=O)N2CCCN(C(C)C)CCN(C(=O)CCc3c[nH]c4ccc(OC)cc34)Cc3cccc(C)c32)cc1. The third kappa shape index (κ3) is 7.68. The highest BCUT2D eigenvalue weighted by atomic mass is 16.5. The number of hydrogen-bond donors (Lipinski definition) is 1. The van der Waals surface area contributed by atoms with Crippen molar-refractivity contribution in [2.24, 2.45) is 0 Å². The molecular weight excluding hydrogens is 564 g/mol. The maximum atomic E-state index is 14.0. The molecule has 238 valence electrons. The highest BCUT2D eigenvalue weighted by Gasteiger charge is 2.26. The van der Waals surface area contributed by atoms with E-state index in [9.17, 15) is 9.59 Å². The molecule has 0 radical (unpaired) electrons. The van der Waals surface area contributed by atoms with Crippen LogP contribution < -0.4 is 14.4 Å². The number of rotatable bonds is 8. The minimum Gasteiger partial charge on any atom is -0.497 e. The van der Waals surface area contributed by atoms with Crippen LogP contribution in [0.3, 0.4) is 0 Å². The smallest absolute Gasteiger partial charge is 0.231 e. The predicted molar refractivity (Wildman–Crippen MR) is 180 cm³/mol. The van der Waals surface area contributed by atoms with E-state index in [0.717, 1.165) is 69.9 Å². The van der Waals surface area contributed by atoms with Crippen LogP contribution in [0.4, 0.5) is 5.69 Å². The van der Waals surface area contributed by atoms with Crippen LogP contribution in [-0.2, 0) is 29.0 Å². The lowest BCUT2D eigenvalue weighted by atomic mass is 10.0. The Kier molecular flexibility index (Phi) is 10.5. The first-order valence-corrected chi connectivity index (χ1v) is 15.9. The van der Waals surface area contributed by atoms with Crippen molar-refractivity contribution >= 4 is 28.4 Å². The van der Waals surface area contributed by atoms with Gasteiger partial charge in [-0.2, -0.15) is 0 Å². The fourth-order valence-electron chi connectivity index (χ4n) is 6.31. The molecule has 8 nitrogen and oxygen atoms in total. The predicted octanol–water partition coefficient (Wildman–Crippen LogP) is 6.14. The third-order valence-electron chi connectivity index (χ3n) is 8.92. The van der Waals surface area contributed by atoms with E-state index >= 15 is 0 Å². The highest BCUT2D eigenvalue weighted by Crippen LogP contribution is 2.30. The lowest BCUT2D eigenvalue weighted by molar-refractivity contribution is -0.132. The van der Waals surface area contributed by atoms with E-state index in [2.05, 4.69) is 42.8 Å². The van der Waals surface area contributed by atoms with Crippen molar-refractivity contribution < 1.29 is 19.1 Å². The Labute approximate surface area is 266 Å². The number of anilines is 1. The van der Waals surface area contributed by atoms with Gasteiger partial charge in [0, 0.05) is 62.3 Å². The Hall–Kier alpha value is -4.30. The van der Waals surface area contributed by atoms with Crippen LogP contribution in [0, 0.1) is 6.92 Å². The normalized spacial score (nSPS) is 14.7. The molecule has 4 aromatic rings. The number of benzene rings is 3. The van der Waals surface area contributed by atoms with E-state index in [0.29, 0.717) is 44.9 Å². The molecule has 45 heavy (non-hydrogen) atoms. The molecule has 2 heterocycles. The number of carbonyl (C=O) groups excluding carboxylic acids is 2. The van der Waals surface area contributed by atoms with Gasteiger partial charge in [-0.1, -0.05) is 30.3 Å². The van der Waals surface area contributed by atoms with Gasteiger partial charge in [-0.25, -0.2) is 0 Å². The van der Waals surface area contributed by atoms with Gasteiger partial charge in [0.1, 0.15) is 11.5 Å². The first kappa shape index (κ1) is 32.1. The number of H-pyrrole nitrogens is 1. The van der Waals surface area contributed by atoms with E-state index in [4.69, 9.17) is 9.47 Å². The third-order valence-corrected chi connectivity index (χ3v) is 8.92. The maximum absolute atomic E-state index is 14.0. The van der Waals surface area contributed by atoms with Gasteiger partial charge in [0.2, 0.25) is 11.8 Å². The van der Waals surface area contributed by atoms with Crippen molar-refractivity contribution in [1.29, 1.82) is 0 Å². The number of aromatic nitrogens is 1. The summed E-state index contributed by atoms with van der Waals surface area (Å²) in [6.07, 6.45) is 4.16. The molecule has 0 bridgehead atoms. The van der Waals surface area contributed by atoms with Crippen LogP contribution in [0.25, 0.3) is 10.9 Å². The molecule has 2 amide bonds. The number of hydrogen-bond acceptors (Lipinski definition) is 5. The summed E-state index contributed by atoms with van der Waals surface area (Å²) in [4.78, 5) is 37.6. The van der Waals surface area contributed by atoms with Gasteiger partial charge in [-0.05, 0) is 86.2 Å². The molecule has 1 N–H and O–H groups in total. The zero-order valence-corrected chi connectivity index (χ0v) is 27.3. The van der Waals surface area contributed by atoms with E-state index in [1.165, 1.54) is 0 Å². The molecule has 0 unspecified atom stereocenters. The fraction of sp³-hybridized carbons (Fsp3) is 0.405. The Morgan fingerprint density at radius 2 is 1.64 bits per heavy atom. The van der Waals surface area contributed by atoms with Gasteiger partial charge in [-0.15, -0.1) is 0 Å². The average Bonchev–Trinajstić information content (AvgIpc) is 3.43. The van der Waals surface area contributed by atoms with Crippen molar-refractivity contribution in [3.05, 3.63) is 89.1 Å². The lowest BCUT2D eigenvalue weighted by Crippen LogP contribution is -2.41. The molecule has 1 aliphatic rings. The van der Waals surface area contributed by atoms with Crippen molar-refractivity contribution in [1.82, 2.24) is 14.8 Å². The first-order valence-electron chi connectivity index (χ1n) is 15.9. The second-order valence-corrected chi connectivity index (χ2v) is 12.2. The molecule has 3 aromatic carbocycles. The summed E-state index contributed by atoms with van der Waals surface area (Å²) >= 11 is 0. The first-order chi connectivity index (χ1) is 21.8. The second kappa shape index (κ2) is 14.7. The Morgan fingerprint density at radius 1 is 0.889 bits per heavy atom. The molecule has 1 aromatic heterocycles. The summed E-state index contributed by atoms with van der Waals surface area (Å²) in [5.74, 6) is 1.73. The summed E-state index contributed by atoms with van der Waals surface area (Å²) in [6.45, 7) is 9.80. The fourth-order valence-corrected chi connectivity index (χ4v) is 6.31. The molecule has 0 aliphatic carbocycles. The van der Waals surface area contributed by atoms with Gasteiger partial charge >= 0.3 is 0 Å². The van der Waals surface area contributed by atoms with E-state index in [1.807, 2.05) is 64.5 Å². The van der Waals surface area contributed by atoms with Crippen molar-refractivity contribution in [2.45, 2.75) is 59.0 Å². The summed E-state index contributed by atoms with van der Waals surface area (Å²) in [6, 6.07) is 20.1. The molecule has 0 saturated heterocycles. The van der Waals surface area contributed by atoms with Gasteiger partial charge in [0.05, 0.1) is 26.3 Å². The molecule has 0 spiro atoms. The number of amides is 2. The number of nitrogens with zero attached hydrogens (tertiary/aromatic N) is 3. The number of aryl methyl sites for hydroxylation is 2. The largest absolute Gasteiger partial charge is 0.497 e. The second-order valence-electron chi connectivity index (χ2n) is 12.2. The van der Waals surface area contributed by atoms with Gasteiger partial charge in [0.25, 0.3) is 0 Å². The summed E-state index contributed by atoms with van der Waals surface area (Å²) in [5, 5.41) is 1.08. The van der Waals surface area contributed by atoms with Crippen LogP contribution in [0.15, 0.2) is 66.9 Å². The van der Waals surface area contributed by atoms with E-state index < -0.39 is 0 Å². The summed E-state index contributed by atoms with van der Waals surface area (Å²) < 4.78 is 10.7. The monoisotopic (exact) mass is 610 g/mol. The molecule has 0 atom stereocenters. The number of ether oxygens (including phenoxy) is 2. The number of methoxy groups -OCH3 is 2. The van der Waals surface area contributed by atoms with Gasteiger partial charge in [0.15, 0.2) is 0 Å². The minimum absolute atomic E-state index is 0.0544. The maximum Gasteiger partial charge on any atom is 0.231 e. The minimum atomic E-state index is 0.0544. The Balaban J connectivity index is 1.42. The lowest BCUT2D eigenvalue weighted by Gasteiger charge is -2.30. The number of aromatic amines is 1. The van der Waals surface area contributed by atoms with Crippen molar-refractivity contribution in [3.8, 4) is 11.5 Å². The molecule has 0 fully saturated rings. The van der Waals surface area contributed by atoms with Crippen LogP contribution >= 0.6 is 0 Å². The van der Waals surface area contributed by atoms with Crippen molar-refractivity contribution in [2.75, 3.05) is 45.3 Å². The van der Waals surface area contributed by atoms with E-state index in [1.54, 1.807) is 14.2 Å². The van der Waals surface area contributed by atoms with Gasteiger partial charge in [-0.3, -0.25) is 14.5 Å². The number of para-hydroxylation sites is 1. The Morgan fingerprint density at radius 3 is 2.38 bits per heavy atom. The molecule has 1 aliphatic heterocycles. The number of fused-ring (bicyclic) bond motifs is 2. The van der Waals surface area contributed by atoms with Crippen LogP contribution in [0.1, 0.15) is 48.9 Å². The van der Waals surface area contributed by atoms with Crippen LogP contribution in [-0.4, -0.2) is 73.0 Å². The van der Waals surface area contributed by atoms with Gasteiger partial charge < -0.3 is 24.3 Å². The molecule has 8 heteroatoms. The average molecular weight is 611 g/mol. The molecule has 5 rings (SSSR count). The summed E-state index contributed by atoms with van der Waals surface area (Å²) in [5.41, 5.74) is 6.04. The van der Waals surface area contributed by atoms with Crippen molar-refractivity contribution in [3.63, 3.8) is 0 Å². The zero-order valence-electron chi connectivity index (χ0n) is 27.3. The molecular formula is C37H46N4O4. The van der Waals surface area contributed by atoms with Crippen LogP contribution in [0.5, 0.6) is 11.5 Å². The highest BCUT2D eigenvalue weighted by molar-refractivity contribution is 5.96. The standard InChI is InChI=1S/C37H46N4O4/c1-26(2)39-18-7-19-41(36(43)22-28-10-13-31(44-4)14-11-28)37-27(3)8-6-9-30(37)25-40(21-20-39)35(42)17-12-29-24-38-34-16-15-32(45-5)23-33(29)34/h6,8-11,13-16,23-24,26,38H,7,12,17-22,25H2,1-5H3. The van der Waals surface area contributed by atoms with E-state index in [-0.39, 0.29) is 11.8 Å². The number of nitrogens with one attached hydrogen (secondary N) is 1. The topological polar surface area (TPSA) is 78.1 Å². The number of carbonyl (C=O) groups is 2. The van der Waals surface area contributed by atoms with Crippen LogP contribution in [0.2, 0.25) is 0 Å². The Bertz CT molecular complexity index is 1610. The quantitative estimate of drug-likeness (QED) is 0.259. The molecule has 0 saturated carbocycles. The summed E-state index contributed by atoms with van der Waals surface area (Å²) in [7, 11) is 3.31.